The fourth-order valence-electron chi connectivity index (χ4n) is 3.29. The Hall–Kier alpha value is -1.77. The lowest BCUT2D eigenvalue weighted by molar-refractivity contribution is 0.196. The van der Waals surface area contributed by atoms with E-state index in [2.05, 4.69) is 4.98 Å². The molecule has 1 atom stereocenters. The molecule has 0 aliphatic carbocycles. The third-order valence-electron chi connectivity index (χ3n) is 4.84. The van der Waals surface area contributed by atoms with Gasteiger partial charge in [0.1, 0.15) is 11.6 Å². The van der Waals surface area contributed by atoms with Gasteiger partial charge in [-0.25, -0.2) is 9.37 Å². The molecule has 1 aliphatic heterocycles. The Morgan fingerprint density at radius 3 is 2.77 bits per heavy atom. The molecule has 2 heterocycles. The number of oxazole rings is 1. The average Bonchev–Trinajstić information content (AvgIpc) is 3.06. The maximum atomic E-state index is 13.8. The van der Waals surface area contributed by atoms with Gasteiger partial charge in [0, 0.05) is 33.6 Å². The fourth-order valence-corrected chi connectivity index (χ4v) is 4.56. The van der Waals surface area contributed by atoms with E-state index >= 15 is 0 Å². The molecule has 1 aromatic carbocycles. The second kappa shape index (κ2) is 7.09. The summed E-state index contributed by atoms with van der Waals surface area (Å²) < 4.78 is 47.3. The van der Waals surface area contributed by atoms with Crippen LogP contribution in [0, 0.1) is 5.82 Å². The first-order valence-corrected chi connectivity index (χ1v) is 9.98. The van der Waals surface area contributed by atoms with Crippen LogP contribution in [0.25, 0.3) is 0 Å². The predicted octanol–water partition coefficient (Wildman–Crippen LogP) is 2.56. The van der Waals surface area contributed by atoms with Crippen molar-refractivity contribution in [3.8, 4) is 0 Å². The number of benzene rings is 1. The van der Waals surface area contributed by atoms with Crippen LogP contribution < -0.4 is 0 Å². The molecule has 0 bridgehead atoms. The standard InChI is InChI=1S/C18H24FN3O3S/c1-18(9-6-10-22(13-18)26(23,24)21(2)3)17-20-12-15(25-17)11-14-7-4-5-8-16(14)19/h4-5,7-8,12H,6,9-11,13H2,1-3H3. The lowest BCUT2D eigenvalue weighted by atomic mass is 9.83. The van der Waals surface area contributed by atoms with E-state index in [1.165, 1.54) is 28.8 Å². The quantitative estimate of drug-likeness (QED) is 0.798. The molecular formula is C18H24FN3O3S. The van der Waals surface area contributed by atoms with Crippen LogP contribution >= 0.6 is 0 Å². The maximum absolute atomic E-state index is 13.8. The summed E-state index contributed by atoms with van der Waals surface area (Å²) in [7, 11) is -0.425. The highest BCUT2D eigenvalue weighted by molar-refractivity contribution is 7.86. The van der Waals surface area contributed by atoms with Crippen molar-refractivity contribution in [1.29, 1.82) is 0 Å². The van der Waals surface area contributed by atoms with Crippen molar-refractivity contribution in [2.24, 2.45) is 0 Å². The molecule has 1 unspecified atom stereocenters. The Morgan fingerprint density at radius 1 is 1.35 bits per heavy atom. The summed E-state index contributed by atoms with van der Waals surface area (Å²) >= 11 is 0. The van der Waals surface area contributed by atoms with Gasteiger partial charge in [-0.3, -0.25) is 0 Å². The van der Waals surface area contributed by atoms with Gasteiger partial charge in [0.05, 0.1) is 11.6 Å². The van der Waals surface area contributed by atoms with Crippen LogP contribution in [0.1, 0.15) is 37.0 Å². The predicted molar refractivity (Wildman–Crippen MR) is 96.5 cm³/mol. The summed E-state index contributed by atoms with van der Waals surface area (Å²) in [5, 5.41) is 0. The van der Waals surface area contributed by atoms with E-state index in [-0.39, 0.29) is 5.82 Å². The van der Waals surface area contributed by atoms with Gasteiger partial charge >= 0.3 is 0 Å². The number of hydrogen-bond acceptors (Lipinski definition) is 4. The van der Waals surface area contributed by atoms with Gasteiger partial charge in [-0.05, 0) is 31.4 Å². The summed E-state index contributed by atoms with van der Waals surface area (Å²) in [4.78, 5) is 4.37. The van der Waals surface area contributed by atoms with Gasteiger partial charge in [0.2, 0.25) is 5.89 Å². The number of nitrogens with zero attached hydrogens (tertiary/aromatic N) is 3. The molecule has 1 fully saturated rings. The van der Waals surface area contributed by atoms with Gasteiger partial charge in [0.25, 0.3) is 10.2 Å². The number of hydrogen-bond donors (Lipinski definition) is 0. The topological polar surface area (TPSA) is 66.7 Å². The smallest absolute Gasteiger partial charge is 0.281 e. The Bertz CT molecular complexity index is 881. The Balaban J connectivity index is 1.80. The van der Waals surface area contributed by atoms with Gasteiger partial charge in [-0.2, -0.15) is 17.0 Å². The van der Waals surface area contributed by atoms with Crippen LogP contribution in [-0.2, 0) is 22.0 Å². The number of aromatic nitrogens is 1. The van der Waals surface area contributed by atoms with Crippen molar-refractivity contribution in [2.45, 2.75) is 31.6 Å². The van der Waals surface area contributed by atoms with E-state index in [0.717, 1.165) is 12.8 Å². The number of halogens is 1. The number of rotatable bonds is 5. The Morgan fingerprint density at radius 2 is 2.08 bits per heavy atom. The van der Waals surface area contributed by atoms with Gasteiger partial charge < -0.3 is 4.42 Å². The average molecular weight is 381 g/mol. The SMILES string of the molecule is CN(C)S(=O)(=O)N1CCCC(C)(c2ncc(Cc3ccccc3F)o2)C1. The molecular weight excluding hydrogens is 357 g/mol. The highest BCUT2D eigenvalue weighted by Crippen LogP contribution is 2.35. The van der Waals surface area contributed by atoms with E-state index in [1.807, 2.05) is 6.92 Å². The molecule has 1 aromatic heterocycles. The summed E-state index contributed by atoms with van der Waals surface area (Å²) in [5.41, 5.74) is 0.0373. The monoisotopic (exact) mass is 381 g/mol. The molecule has 8 heteroatoms. The van der Waals surface area contributed by atoms with Crippen LogP contribution in [0.15, 0.2) is 34.9 Å². The zero-order valence-corrected chi connectivity index (χ0v) is 16.1. The van der Waals surface area contributed by atoms with Gasteiger partial charge in [-0.1, -0.05) is 18.2 Å². The summed E-state index contributed by atoms with van der Waals surface area (Å²) in [6.45, 7) is 2.76. The molecule has 6 nitrogen and oxygen atoms in total. The van der Waals surface area contributed by atoms with Crippen molar-refractivity contribution in [3.05, 3.63) is 53.5 Å². The molecule has 1 aliphatic rings. The summed E-state index contributed by atoms with van der Waals surface area (Å²) in [6.07, 6.45) is 3.43. The minimum Gasteiger partial charge on any atom is -0.445 e. The first-order chi connectivity index (χ1) is 12.2. The second-order valence-electron chi connectivity index (χ2n) is 7.19. The normalized spacial score (nSPS) is 22.0. The third-order valence-corrected chi connectivity index (χ3v) is 6.73. The van der Waals surface area contributed by atoms with Crippen LogP contribution in [0.2, 0.25) is 0 Å². The largest absolute Gasteiger partial charge is 0.445 e. The molecule has 2 aromatic rings. The van der Waals surface area contributed by atoms with E-state index in [1.54, 1.807) is 24.4 Å². The Kier molecular flexibility index (Phi) is 5.18. The van der Waals surface area contributed by atoms with E-state index in [0.29, 0.717) is 36.7 Å². The van der Waals surface area contributed by atoms with Crippen LogP contribution in [0.4, 0.5) is 4.39 Å². The highest BCUT2D eigenvalue weighted by atomic mass is 32.2. The fraction of sp³-hybridized carbons (Fsp3) is 0.500. The van der Waals surface area contributed by atoms with Crippen molar-refractivity contribution in [1.82, 2.24) is 13.6 Å². The number of piperidine rings is 1. The van der Waals surface area contributed by atoms with Crippen molar-refractivity contribution >= 4 is 10.2 Å². The minimum absolute atomic E-state index is 0.280. The zero-order chi connectivity index (χ0) is 18.9. The van der Waals surface area contributed by atoms with Crippen molar-refractivity contribution in [2.75, 3.05) is 27.2 Å². The molecule has 0 saturated carbocycles. The molecule has 26 heavy (non-hydrogen) atoms. The lowest BCUT2D eigenvalue weighted by Gasteiger charge is -2.38. The lowest BCUT2D eigenvalue weighted by Crippen LogP contribution is -2.50. The Labute approximate surface area is 153 Å². The van der Waals surface area contributed by atoms with E-state index in [4.69, 9.17) is 4.42 Å². The van der Waals surface area contributed by atoms with Gasteiger partial charge in [0.15, 0.2) is 0 Å². The summed E-state index contributed by atoms with van der Waals surface area (Å²) in [5.74, 6) is 0.791. The molecule has 0 spiro atoms. The highest BCUT2D eigenvalue weighted by Gasteiger charge is 2.41. The maximum Gasteiger partial charge on any atom is 0.281 e. The minimum atomic E-state index is -3.48. The first-order valence-electron chi connectivity index (χ1n) is 8.58. The second-order valence-corrected chi connectivity index (χ2v) is 9.33. The molecule has 142 valence electrons. The van der Waals surface area contributed by atoms with E-state index < -0.39 is 15.6 Å². The zero-order valence-electron chi connectivity index (χ0n) is 15.3. The van der Waals surface area contributed by atoms with Crippen LogP contribution in [0.3, 0.4) is 0 Å². The van der Waals surface area contributed by atoms with Crippen LogP contribution in [0.5, 0.6) is 0 Å². The third kappa shape index (κ3) is 3.67. The van der Waals surface area contributed by atoms with Crippen molar-refractivity contribution < 1.29 is 17.2 Å². The molecule has 0 radical (unpaired) electrons. The molecule has 0 N–H and O–H groups in total. The van der Waals surface area contributed by atoms with Crippen LogP contribution in [-0.4, -0.2) is 49.2 Å². The van der Waals surface area contributed by atoms with E-state index in [9.17, 15) is 12.8 Å². The molecule has 3 rings (SSSR count). The molecule has 0 amide bonds. The van der Waals surface area contributed by atoms with Gasteiger partial charge in [-0.15, -0.1) is 0 Å². The summed E-state index contributed by atoms with van der Waals surface area (Å²) in [6, 6.07) is 6.56. The van der Waals surface area contributed by atoms with Crippen molar-refractivity contribution in [3.63, 3.8) is 0 Å². The first kappa shape index (κ1) is 19.0. The molecule has 1 saturated heterocycles.